The molecule has 0 spiro atoms. The molecular weight excluding hydrogens is 282 g/mol. The first kappa shape index (κ1) is 16.3. The zero-order valence-electron chi connectivity index (χ0n) is 13.1. The van der Waals surface area contributed by atoms with Crippen LogP contribution in [0.2, 0.25) is 0 Å². The van der Waals surface area contributed by atoms with Gasteiger partial charge in [-0.05, 0) is 44.4 Å². The number of ether oxygens (including phenoxy) is 1. The van der Waals surface area contributed by atoms with Crippen molar-refractivity contribution in [3.05, 3.63) is 30.1 Å². The number of hydrogen-bond acceptors (Lipinski definition) is 4. The summed E-state index contributed by atoms with van der Waals surface area (Å²) >= 11 is 0. The standard InChI is InChI=1S/C16H23N3O3/c1-3-22-15(20)14-6-10-19(11-7-14)16(21)18-12(2)13-4-8-17-9-5-13/h4-5,8-9,12,14H,3,6-7,10-11H2,1-2H3,(H,18,21). The minimum Gasteiger partial charge on any atom is -0.466 e. The SMILES string of the molecule is CCOC(=O)C1CCN(C(=O)NC(C)c2ccncc2)CC1. The molecule has 120 valence electrons. The molecule has 1 fully saturated rings. The summed E-state index contributed by atoms with van der Waals surface area (Å²) in [6.45, 7) is 5.32. The van der Waals surface area contributed by atoms with Crippen LogP contribution in [0.5, 0.6) is 0 Å². The largest absolute Gasteiger partial charge is 0.466 e. The summed E-state index contributed by atoms with van der Waals surface area (Å²) in [6, 6.07) is 3.61. The number of nitrogens with one attached hydrogen (secondary N) is 1. The summed E-state index contributed by atoms with van der Waals surface area (Å²) in [5.74, 6) is -0.227. The van der Waals surface area contributed by atoms with Gasteiger partial charge in [0.25, 0.3) is 0 Å². The molecule has 1 atom stereocenters. The van der Waals surface area contributed by atoms with Gasteiger partial charge in [-0.15, -0.1) is 0 Å². The van der Waals surface area contributed by atoms with Crippen LogP contribution in [0.3, 0.4) is 0 Å². The van der Waals surface area contributed by atoms with E-state index in [0.717, 1.165) is 5.56 Å². The summed E-state index contributed by atoms with van der Waals surface area (Å²) in [5, 5.41) is 2.98. The average Bonchev–Trinajstić information content (AvgIpc) is 2.56. The number of piperidine rings is 1. The van der Waals surface area contributed by atoms with Crippen molar-refractivity contribution in [2.45, 2.75) is 32.7 Å². The van der Waals surface area contributed by atoms with Crippen LogP contribution in [-0.4, -0.2) is 41.6 Å². The van der Waals surface area contributed by atoms with Crippen LogP contribution in [-0.2, 0) is 9.53 Å². The molecule has 2 amide bonds. The van der Waals surface area contributed by atoms with Crippen LogP contribution < -0.4 is 5.32 Å². The first-order chi connectivity index (χ1) is 10.6. The smallest absolute Gasteiger partial charge is 0.317 e. The second-order valence-electron chi connectivity index (χ2n) is 5.47. The summed E-state index contributed by atoms with van der Waals surface area (Å²) in [7, 11) is 0. The van der Waals surface area contributed by atoms with Crippen molar-refractivity contribution in [2.75, 3.05) is 19.7 Å². The van der Waals surface area contributed by atoms with Gasteiger partial charge in [0.15, 0.2) is 0 Å². The number of esters is 1. The maximum atomic E-state index is 12.3. The molecule has 0 saturated carbocycles. The van der Waals surface area contributed by atoms with E-state index in [2.05, 4.69) is 10.3 Å². The Morgan fingerprint density at radius 3 is 2.59 bits per heavy atom. The third-order valence-electron chi connectivity index (χ3n) is 3.95. The zero-order valence-corrected chi connectivity index (χ0v) is 13.1. The molecule has 1 saturated heterocycles. The molecule has 1 aliphatic rings. The van der Waals surface area contributed by atoms with Gasteiger partial charge in [0.1, 0.15) is 0 Å². The molecule has 1 aliphatic heterocycles. The average molecular weight is 305 g/mol. The van der Waals surface area contributed by atoms with Crippen molar-refractivity contribution in [3.63, 3.8) is 0 Å². The van der Waals surface area contributed by atoms with Gasteiger partial charge in [-0.2, -0.15) is 0 Å². The lowest BCUT2D eigenvalue weighted by Gasteiger charge is -2.31. The van der Waals surface area contributed by atoms with E-state index in [0.29, 0.717) is 32.5 Å². The fourth-order valence-electron chi connectivity index (χ4n) is 2.59. The number of pyridine rings is 1. The first-order valence-corrected chi connectivity index (χ1v) is 7.73. The highest BCUT2D eigenvalue weighted by Gasteiger charge is 2.28. The minimum absolute atomic E-state index is 0.0710. The zero-order chi connectivity index (χ0) is 15.9. The Morgan fingerprint density at radius 1 is 1.36 bits per heavy atom. The maximum absolute atomic E-state index is 12.3. The summed E-state index contributed by atoms with van der Waals surface area (Å²) < 4.78 is 5.04. The van der Waals surface area contributed by atoms with Crippen molar-refractivity contribution in [2.24, 2.45) is 5.92 Å². The Labute approximate surface area is 130 Å². The van der Waals surface area contributed by atoms with Crippen molar-refractivity contribution < 1.29 is 14.3 Å². The monoisotopic (exact) mass is 305 g/mol. The maximum Gasteiger partial charge on any atom is 0.317 e. The van der Waals surface area contributed by atoms with E-state index in [1.165, 1.54) is 0 Å². The molecule has 6 heteroatoms. The molecule has 1 aromatic rings. The van der Waals surface area contributed by atoms with Gasteiger partial charge in [-0.25, -0.2) is 4.79 Å². The number of carbonyl (C=O) groups excluding carboxylic acids is 2. The topological polar surface area (TPSA) is 71.5 Å². The number of hydrogen-bond donors (Lipinski definition) is 1. The van der Waals surface area contributed by atoms with Crippen molar-refractivity contribution in [1.82, 2.24) is 15.2 Å². The van der Waals surface area contributed by atoms with E-state index in [4.69, 9.17) is 4.74 Å². The molecule has 0 aliphatic carbocycles. The second kappa shape index (κ2) is 7.77. The third-order valence-corrected chi connectivity index (χ3v) is 3.95. The Balaban J connectivity index is 1.81. The fourth-order valence-corrected chi connectivity index (χ4v) is 2.59. The van der Waals surface area contributed by atoms with Crippen molar-refractivity contribution in [3.8, 4) is 0 Å². The van der Waals surface area contributed by atoms with Gasteiger partial charge in [0.2, 0.25) is 0 Å². The van der Waals surface area contributed by atoms with Crippen LogP contribution in [0.15, 0.2) is 24.5 Å². The van der Waals surface area contributed by atoms with Gasteiger partial charge in [-0.1, -0.05) is 0 Å². The van der Waals surface area contributed by atoms with Crippen molar-refractivity contribution in [1.29, 1.82) is 0 Å². The van der Waals surface area contributed by atoms with Crippen LogP contribution >= 0.6 is 0 Å². The predicted molar refractivity (Wildman–Crippen MR) is 82.1 cm³/mol. The van der Waals surface area contributed by atoms with Crippen molar-refractivity contribution >= 4 is 12.0 Å². The second-order valence-corrected chi connectivity index (χ2v) is 5.47. The van der Waals surface area contributed by atoms with Gasteiger partial charge >= 0.3 is 12.0 Å². The fraction of sp³-hybridized carbons (Fsp3) is 0.562. The molecule has 2 rings (SSSR count). The van der Waals surface area contributed by atoms with Gasteiger partial charge in [0, 0.05) is 25.5 Å². The lowest BCUT2D eigenvalue weighted by molar-refractivity contribution is -0.149. The summed E-state index contributed by atoms with van der Waals surface area (Å²) in [6.07, 6.45) is 4.75. The molecule has 0 bridgehead atoms. The lowest BCUT2D eigenvalue weighted by Crippen LogP contribution is -2.46. The van der Waals surface area contributed by atoms with Gasteiger partial charge < -0.3 is 15.0 Å². The molecule has 2 heterocycles. The van der Waals surface area contributed by atoms with E-state index < -0.39 is 0 Å². The Kier molecular flexibility index (Phi) is 5.75. The molecule has 6 nitrogen and oxygen atoms in total. The number of carbonyl (C=O) groups is 2. The quantitative estimate of drug-likeness (QED) is 0.865. The first-order valence-electron chi connectivity index (χ1n) is 7.73. The number of amides is 2. The van der Waals surface area contributed by atoms with E-state index in [9.17, 15) is 9.59 Å². The van der Waals surface area contributed by atoms with E-state index in [1.54, 1.807) is 24.2 Å². The molecular formula is C16H23N3O3. The highest BCUT2D eigenvalue weighted by molar-refractivity contribution is 5.76. The molecule has 1 aromatic heterocycles. The molecule has 1 unspecified atom stereocenters. The van der Waals surface area contributed by atoms with E-state index in [-0.39, 0.29) is 24.0 Å². The molecule has 0 radical (unpaired) electrons. The Bertz CT molecular complexity index is 499. The van der Waals surface area contributed by atoms with E-state index in [1.807, 2.05) is 19.1 Å². The number of rotatable bonds is 4. The van der Waals surface area contributed by atoms with Gasteiger partial charge in [-0.3, -0.25) is 9.78 Å². The number of nitrogens with zero attached hydrogens (tertiary/aromatic N) is 2. The number of likely N-dealkylation sites (tertiary alicyclic amines) is 1. The van der Waals surface area contributed by atoms with Crippen LogP contribution in [0.25, 0.3) is 0 Å². The van der Waals surface area contributed by atoms with Crippen LogP contribution in [0, 0.1) is 5.92 Å². The Hall–Kier alpha value is -2.11. The minimum atomic E-state index is -0.146. The number of urea groups is 1. The van der Waals surface area contributed by atoms with Crippen LogP contribution in [0.1, 0.15) is 38.3 Å². The lowest BCUT2D eigenvalue weighted by atomic mass is 9.97. The highest BCUT2D eigenvalue weighted by atomic mass is 16.5. The van der Waals surface area contributed by atoms with Crippen LogP contribution in [0.4, 0.5) is 4.79 Å². The molecule has 0 aromatic carbocycles. The normalized spacial score (nSPS) is 16.9. The Morgan fingerprint density at radius 2 is 2.00 bits per heavy atom. The molecule has 1 N–H and O–H groups in total. The summed E-state index contributed by atoms with van der Waals surface area (Å²) in [4.78, 5) is 29.7. The predicted octanol–water partition coefficient (Wildman–Crippen LogP) is 2.13. The molecule has 22 heavy (non-hydrogen) atoms. The highest BCUT2D eigenvalue weighted by Crippen LogP contribution is 2.19. The number of aromatic nitrogens is 1. The third kappa shape index (κ3) is 4.19. The van der Waals surface area contributed by atoms with Gasteiger partial charge in [0.05, 0.1) is 18.6 Å². The summed E-state index contributed by atoms with van der Waals surface area (Å²) in [5.41, 5.74) is 1.02. The van der Waals surface area contributed by atoms with E-state index >= 15 is 0 Å².